The molecule has 0 radical (unpaired) electrons. The lowest BCUT2D eigenvalue weighted by molar-refractivity contribution is 0.111. The summed E-state index contributed by atoms with van der Waals surface area (Å²) in [6.07, 6.45) is 3.07. The fourth-order valence-corrected chi connectivity index (χ4v) is 0.778. The normalized spacial score (nSPS) is 9.70. The number of aldehydes is 1. The number of carbonyl (C=O) groups excluding carboxylic acids is 1. The molecular formula is C6H9N3O. The van der Waals surface area contributed by atoms with Gasteiger partial charge >= 0.3 is 0 Å². The minimum absolute atomic E-state index is 0.533. The lowest BCUT2D eigenvalue weighted by Crippen LogP contribution is -2.03. The van der Waals surface area contributed by atoms with E-state index < -0.39 is 0 Å². The largest absolute Gasteiger partial charge is 0.330 e. The molecule has 0 saturated carbocycles. The molecule has 0 aromatic carbocycles. The molecule has 1 rings (SSSR count). The van der Waals surface area contributed by atoms with E-state index in [0.717, 1.165) is 11.8 Å². The van der Waals surface area contributed by atoms with E-state index in [4.69, 9.17) is 5.73 Å². The van der Waals surface area contributed by atoms with Gasteiger partial charge < -0.3 is 5.73 Å². The van der Waals surface area contributed by atoms with Gasteiger partial charge in [0.25, 0.3) is 0 Å². The molecule has 0 saturated heterocycles. The van der Waals surface area contributed by atoms with Gasteiger partial charge in [-0.2, -0.15) is 5.10 Å². The minimum atomic E-state index is 0.533. The maximum absolute atomic E-state index is 10.3. The smallest absolute Gasteiger partial charge is 0.168 e. The zero-order chi connectivity index (χ0) is 7.40. The van der Waals surface area contributed by atoms with E-state index >= 15 is 0 Å². The molecule has 0 aliphatic heterocycles. The predicted octanol–water partition coefficient (Wildman–Crippen LogP) is -0.277. The van der Waals surface area contributed by atoms with Crippen molar-refractivity contribution >= 4 is 6.29 Å². The van der Waals surface area contributed by atoms with Crippen molar-refractivity contribution in [3.05, 3.63) is 17.5 Å². The zero-order valence-corrected chi connectivity index (χ0v) is 5.50. The van der Waals surface area contributed by atoms with Crippen LogP contribution < -0.4 is 5.73 Å². The Morgan fingerprint density at radius 2 is 2.60 bits per heavy atom. The molecule has 54 valence electrons. The lowest BCUT2D eigenvalue weighted by atomic mass is 10.2. The summed E-state index contributed by atoms with van der Waals surface area (Å²) in [5, 5.41) is 6.27. The van der Waals surface area contributed by atoms with Crippen LogP contribution in [0, 0.1) is 0 Å². The first-order valence-corrected chi connectivity index (χ1v) is 3.06. The number of H-pyrrole nitrogens is 1. The monoisotopic (exact) mass is 139 g/mol. The van der Waals surface area contributed by atoms with E-state index in [-0.39, 0.29) is 0 Å². The van der Waals surface area contributed by atoms with Crippen LogP contribution in [-0.2, 0) is 6.42 Å². The lowest BCUT2D eigenvalue weighted by Gasteiger charge is -1.90. The molecule has 0 aliphatic carbocycles. The average Bonchev–Trinajstić information content (AvgIpc) is 2.36. The molecule has 4 nitrogen and oxygen atoms in total. The van der Waals surface area contributed by atoms with Gasteiger partial charge in [0.1, 0.15) is 5.69 Å². The summed E-state index contributed by atoms with van der Waals surface area (Å²) >= 11 is 0. The molecular weight excluding hydrogens is 130 g/mol. The van der Waals surface area contributed by atoms with Gasteiger partial charge in [0.2, 0.25) is 0 Å². The Kier molecular flexibility index (Phi) is 2.17. The van der Waals surface area contributed by atoms with E-state index in [2.05, 4.69) is 10.2 Å². The van der Waals surface area contributed by atoms with Crippen molar-refractivity contribution < 1.29 is 4.79 Å². The molecule has 4 heteroatoms. The highest BCUT2D eigenvalue weighted by Gasteiger charge is 2.00. The van der Waals surface area contributed by atoms with Gasteiger partial charge in [0.05, 0.1) is 6.20 Å². The number of rotatable bonds is 3. The van der Waals surface area contributed by atoms with Crippen LogP contribution in [0.5, 0.6) is 0 Å². The molecule has 0 amide bonds. The van der Waals surface area contributed by atoms with Crippen molar-refractivity contribution in [2.45, 2.75) is 6.42 Å². The van der Waals surface area contributed by atoms with Crippen molar-refractivity contribution in [2.75, 3.05) is 6.54 Å². The van der Waals surface area contributed by atoms with Crippen LogP contribution in [0.1, 0.15) is 16.1 Å². The van der Waals surface area contributed by atoms with Crippen LogP contribution in [-0.4, -0.2) is 23.0 Å². The van der Waals surface area contributed by atoms with Gasteiger partial charge in [0, 0.05) is 5.56 Å². The van der Waals surface area contributed by atoms with Gasteiger partial charge in [-0.15, -0.1) is 0 Å². The highest BCUT2D eigenvalue weighted by Crippen LogP contribution is 2.00. The van der Waals surface area contributed by atoms with E-state index in [0.29, 0.717) is 18.7 Å². The molecule has 1 aromatic heterocycles. The van der Waals surface area contributed by atoms with Crippen LogP contribution in [0.15, 0.2) is 6.20 Å². The summed E-state index contributed by atoms with van der Waals surface area (Å²) in [6, 6.07) is 0. The van der Waals surface area contributed by atoms with E-state index in [1.165, 1.54) is 0 Å². The fourth-order valence-electron chi connectivity index (χ4n) is 0.778. The van der Waals surface area contributed by atoms with E-state index in [1.54, 1.807) is 6.20 Å². The summed E-state index contributed by atoms with van der Waals surface area (Å²) in [7, 11) is 0. The van der Waals surface area contributed by atoms with Gasteiger partial charge in [0.15, 0.2) is 6.29 Å². The Balaban J connectivity index is 2.79. The Morgan fingerprint density at radius 1 is 1.80 bits per heavy atom. The summed E-state index contributed by atoms with van der Waals surface area (Å²) in [4.78, 5) is 10.3. The number of nitrogens with one attached hydrogen (secondary N) is 1. The molecule has 0 atom stereocenters. The molecule has 1 heterocycles. The van der Waals surface area contributed by atoms with Crippen molar-refractivity contribution in [3.8, 4) is 0 Å². The maximum Gasteiger partial charge on any atom is 0.168 e. The number of aromatic nitrogens is 2. The summed E-state index contributed by atoms with van der Waals surface area (Å²) in [5.74, 6) is 0. The molecule has 3 N–H and O–H groups in total. The third kappa shape index (κ3) is 1.22. The van der Waals surface area contributed by atoms with Crippen LogP contribution >= 0.6 is 0 Å². The Hall–Kier alpha value is -1.16. The van der Waals surface area contributed by atoms with Crippen LogP contribution in [0.25, 0.3) is 0 Å². The Bertz CT molecular complexity index is 219. The average molecular weight is 139 g/mol. The van der Waals surface area contributed by atoms with Crippen LogP contribution in [0.4, 0.5) is 0 Å². The molecule has 1 aromatic rings. The van der Waals surface area contributed by atoms with Crippen molar-refractivity contribution in [1.29, 1.82) is 0 Å². The first kappa shape index (κ1) is 6.95. The minimum Gasteiger partial charge on any atom is -0.330 e. The highest BCUT2D eigenvalue weighted by atomic mass is 16.1. The standard InChI is InChI=1S/C6H9N3O/c7-2-1-5-3-8-9-6(5)4-10/h3-4H,1-2,7H2,(H,8,9). The van der Waals surface area contributed by atoms with Gasteiger partial charge in [-0.3, -0.25) is 9.89 Å². The predicted molar refractivity (Wildman–Crippen MR) is 36.7 cm³/mol. The molecule has 0 aliphatic rings. The van der Waals surface area contributed by atoms with Gasteiger partial charge in [-0.05, 0) is 13.0 Å². The maximum atomic E-state index is 10.3. The highest BCUT2D eigenvalue weighted by molar-refractivity contribution is 5.73. The van der Waals surface area contributed by atoms with Crippen LogP contribution in [0.2, 0.25) is 0 Å². The number of nitrogens with zero attached hydrogens (tertiary/aromatic N) is 1. The van der Waals surface area contributed by atoms with Gasteiger partial charge in [-0.1, -0.05) is 0 Å². The number of carbonyl (C=O) groups is 1. The van der Waals surface area contributed by atoms with Gasteiger partial charge in [-0.25, -0.2) is 0 Å². The molecule has 0 spiro atoms. The SMILES string of the molecule is NCCc1cn[nH]c1C=O. The number of hydrogen-bond acceptors (Lipinski definition) is 3. The Labute approximate surface area is 58.4 Å². The third-order valence-corrected chi connectivity index (χ3v) is 1.28. The topological polar surface area (TPSA) is 71.8 Å². The Morgan fingerprint density at radius 3 is 3.20 bits per heavy atom. The van der Waals surface area contributed by atoms with E-state index in [9.17, 15) is 4.79 Å². The molecule has 10 heavy (non-hydrogen) atoms. The first-order valence-electron chi connectivity index (χ1n) is 3.06. The number of aromatic amines is 1. The van der Waals surface area contributed by atoms with Crippen molar-refractivity contribution in [1.82, 2.24) is 10.2 Å². The van der Waals surface area contributed by atoms with Crippen molar-refractivity contribution in [2.24, 2.45) is 5.73 Å². The fraction of sp³-hybridized carbons (Fsp3) is 0.333. The zero-order valence-electron chi connectivity index (χ0n) is 5.50. The quantitative estimate of drug-likeness (QED) is 0.566. The summed E-state index contributed by atoms with van der Waals surface area (Å²) < 4.78 is 0. The third-order valence-electron chi connectivity index (χ3n) is 1.28. The second-order valence-corrected chi connectivity index (χ2v) is 1.97. The first-order chi connectivity index (χ1) is 4.88. The number of nitrogens with two attached hydrogens (primary N) is 1. The van der Waals surface area contributed by atoms with Crippen LogP contribution in [0.3, 0.4) is 0 Å². The second-order valence-electron chi connectivity index (χ2n) is 1.97. The second kappa shape index (κ2) is 3.12. The molecule has 0 unspecified atom stereocenters. The summed E-state index contributed by atoms with van der Waals surface area (Å²) in [6.45, 7) is 0.542. The molecule has 0 bridgehead atoms. The van der Waals surface area contributed by atoms with E-state index in [1.807, 2.05) is 0 Å². The van der Waals surface area contributed by atoms with Crippen molar-refractivity contribution in [3.63, 3.8) is 0 Å². The number of hydrogen-bond donors (Lipinski definition) is 2. The molecule has 0 fully saturated rings. The summed E-state index contributed by atoms with van der Waals surface area (Å²) in [5.41, 5.74) is 6.71.